The second-order valence-corrected chi connectivity index (χ2v) is 38.9. The minimum atomic E-state index is -0.403. The zero-order valence-corrected chi connectivity index (χ0v) is 82.8. The Labute approximate surface area is 793 Å². The SMILES string of the molecule is CC(C)OC(=O)[C@H]1CCC[C@H](Oc2ccc(Br)cc2F)C1.CN(C(=O)OCc1c(I)ncn1C)C1CCCC1.Cc1cnn(-c2ccc(B3OC(C)(C)C(C)(C)O3)cc2)c1COC(=O)N(C)C1CCCC1.Cc1cnn(-c2ccc(O)cc2)c1COC(=O)N(C)C1CCCC1.Cc1cnn(-c2ccc(O[C@H]3CCC[C@H](C(=O)OC(C)C)C3)cc2)c1COC(=O)N(C)C1CCCC1. The summed E-state index contributed by atoms with van der Waals surface area (Å²) in [6.07, 6.45) is 30.1. The van der Waals surface area contributed by atoms with Gasteiger partial charge in [0.25, 0.3) is 0 Å². The van der Waals surface area contributed by atoms with Crippen LogP contribution in [-0.2, 0) is 80.8 Å². The topological polar surface area (TPSA) is 299 Å². The Kier molecular flexibility index (Phi) is 37.1. The third kappa shape index (κ3) is 28.2. The van der Waals surface area contributed by atoms with E-state index < -0.39 is 12.9 Å². The van der Waals surface area contributed by atoms with E-state index >= 15 is 0 Å². The predicted molar refractivity (Wildman–Crippen MR) is 508 cm³/mol. The molecule has 5 heterocycles. The number of nitrogens with zero attached hydrogens (tertiary/aromatic N) is 12. The average Bonchev–Trinajstić information content (AvgIpc) is 1.62. The number of hydrogen-bond donors (Lipinski definition) is 1. The van der Waals surface area contributed by atoms with E-state index in [0.717, 1.165) is 161 Å². The normalized spacial score (nSPS) is 18.9. The summed E-state index contributed by atoms with van der Waals surface area (Å²) in [5.74, 6) is 0.267. The number of carbonyl (C=O) groups is 6. The molecule has 7 fully saturated rings. The fraction of sp³-hybridized carbons (Fsp3) is 0.571. The molecule has 0 unspecified atom stereocenters. The molecule has 1 saturated heterocycles. The largest absolute Gasteiger partial charge is 0.508 e. The molecule has 4 amide bonds. The van der Waals surface area contributed by atoms with Crippen molar-refractivity contribution in [2.24, 2.45) is 18.9 Å². The van der Waals surface area contributed by atoms with Gasteiger partial charge in [0.05, 0.1) is 112 Å². The second kappa shape index (κ2) is 47.8. The van der Waals surface area contributed by atoms with E-state index in [4.69, 9.17) is 47.2 Å². The lowest BCUT2D eigenvalue weighted by atomic mass is 9.79. The van der Waals surface area contributed by atoms with Crippen molar-refractivity contribution in [2.45, 2.75) is 316 Å². The quantitative estimate of drug-likeness (QED) is 0.0254. The number of ether oxygens (including phenoxy) is 8. The molecule has 0 bridgehead atoms. The number of aryl methyl sites for hydroxylation is 4. The molecule has 712 valence electrons. The van der Waals surface area contributed by atoms with Gasteiger partial charge in [-0.1, -0.05) is 79.4 Å². The van der Waals surface area contributed by atoms with Crippen LogP contribution < -0.4 is 14.9 Å². The fourth-order valence-corrected chi connectivity index (χ4v) is 18.4. The molecular weight excluding hydrogens is 1850 g/mol. The Hall–Kier alpha value is -9.74. The average molecular weight is 1990 g/mol. The molecular formula is C98H134BBrFIN12O17. The summed E-state index contributed by atoms with van der Waals surface area (Å²) in [7, 11) is 8.79. The van der Waals surface area contributed by atoms with Crippen LogP contribution in [0, 0.1) is 42.1 Å². The Morgan fingerprint density at radius 2 is 0.840 bits per heavy atom. The van der Waals surface area contributed by atoms with E-state index in [1.54, 1.807) is 90.3 Å². The smallest absolute Gasteiger partial charge is 0.494 e. The highest BCUT2D eigenvalue weighted by Crippen LogP contribution is 2.39. The van der Waals surface area contributed by atoms with E-state index in [1.807, 2.05) is 169 Å². The summed E-state index contributed by atoms with van der Waals surface area (Å²) < 4.78 is 79.6. The fourth-order valence-electron chi connectivity index (χ4n) is 17.4. The predicted octanol–water partition coefficient (Wildman–Crippen LogP) is 20.0. The first-order chi connectivity index (χ1) is 62.5. The van der Waals surface area contributed by atoms with Gasteiger partial charge in [0.15, 0.2) is 11.6 Å². The molecule has 4 aromatic heterocycles. The van der Waals surface area contributed by atoms with Crippen LogP contribution in [0.25, 0.3) is 17.1 Å². The Bertz CT molecular complexity index is 5010. The van der Waals surface area contributed by atoms with Crippen molar-refractivity contribution in [1.29, 1.82) is 0 Å². The number of carbonyl (C=O) groups excluding carboxylic acids is 6. The molecule has 1 N–H and O–H groups in total. The summed E-state index contributed by atoms with van der Waals surface area (Å²) in [4.78, 5) is 84.6. The number of aromatic nitrogens is 8. The van der Waals surface area contributed by atoms with Crippen LogP contribution in [-0.4, -0.2) is 195 Å². The molecule has 15 rings (SSSR count). The number of rotatable bonds is 24. The summed E-state index contributed by atoms with van der Waals surface area (Å²) in [6.45, 7) is 22.3. The molecule has 1 aliphatic heterocycles. The molecule has 131 heavy (non-hydrogen) atoms. The molecule has 4 aromatic carbocycles. The highest BCUT2D eigenvalue weighted by Gasteiger charge is 2.52. The number of benzene rings is 4. The number of imidazole rings is 1. The minimum Gasteiger partial charge on any atom is -0.508 e. The lowest BCUT2D eigenvalue weighted by Crippen LogP contribution is -2.41. The zero-order valence-electron chi connectivity index (χ0n) is 79.1. The standard InChI is InChI=1S/C28H39N3O5.C24H34BN3O4.C18H23N3O3.C16H20BrFO3.C12H18IN3O2/c1-19(2)35-27(32)21-8-7-11-25(16-21)36-24-14-12-23(13-15-24)31-26(20(3)17-29-31)18-34-28(33)30(4)22-9-5-6-10-22;1-17-15-26-28(21(17)16-30-22(29)27(6)19-9-7-8-10-19)20-13-11-18(12-14-20)25-31-23(2,3)24(4,5)32-25;1-13-11-19-21(15-7-9-16(22)10-8-15)17(13)12-24-18(23)20(2)14-5-3-4-6-14;1-10(2)20-16(19)11-4-3-5-13(8-11)21-15-7-6-12(17)9-14(15)18;1-15-8-14-11(13)10(15)7-18-12(17)16(2)9-5-3-4-6-9/h12-15,17,19,21-22,25H,5-11,16,18H2,1-4H3;11-15,19H,7-10,16H2,1-6H3;7-11,14,22H,3-6,12H2,1-2H3;6-7,9-11,13H,3-5,8H2,1-2H3;8-9H,3-7H2,1-2H3/t21-,25-;;;11-,13-;/m0..0./s1. The highest BCUT2D eigenvalue weighted by molar-refractivity contribution is 14.1. The van der Waals surface area contributed by atoms with E-state index in [2.05, 4.69) is 58.8 Å². The van der Waals surface area contributed by atoms with E-state index in [1.165, 1.54) is 57.4 Å². The number of amides is 4. The zero-order chi connectivity index (χ0) is 94.4. The molecule has 7 aliphatic rings. The number of aromatic hydroxyl groups is 1. The number of phenolic OH excluding ortho intramolecular Hbond substituents is 1. The Balaban J connectivity index is 0.000000162. The van der Waals surface area contributed by atoms with Gasteiger partial charge in [-0.05, 0) is 303 Å². The maximum absolute atomic E-state index is 13.8. The van der Waals surface area contributed by atoms with Crippen LogP contribution in [0.2, 0.25) is 0 Å². The van der Waals surface area contributed by atoms with Crippen molar-refractivity contribution < 1.29 is 85.5 Å². The van der Waals surface area contributed by atoms with Crippen molar-refractivity contribution in [2.75, 3.05) is 28.2 Å². The number of phenols is 1. The first-order valence-electron chi connectivity index (χ1n) is 46.4. The summed E-state index contributed by atoms with van der Waals surface area (Å²) >= 11 is 5.36. The molecule has 6 saturated carbocycles. The lowest BCUT2D eigenvalue weighted by Gasteiger charge is -2.32. The number of esters is 2. The van der Waals surface area contributed by atoms with Crippen LogP contribution in [0.5, 0.6) is 17.2 Å². The third-order valence-electron chi connectivity index (χ3n) is 26.2. The van der Waals surface area contributed by atoms with Crippen LogP contribution in [0.1, 0.15) is 249 Å². The molecule has 33 heteroatoms. The number of halogens is 3. The van der Waals surface area contributed by atoms with E-state index in [0.29, 0.717) is 29.4 Å². The van der Waals surface area contributed by atoms with E-state index in [-0.39, 0.29) is 134 Å². The molecule has 8 aromatic rings. The van der Waals surface area contributed by atoms with Crippen molar-refractivity contribution in [1.82, 2.24) is 58.5 Å². The summed E-state index contributed by atoms with van der Waals surface area (Å²) in [5, 5.41) is 22.8. The van der Waals surface area contributed by atoms with E-state index in [9.17, 15) is 38.3 Å². The van der Waals surface area contributed by atoms with Crippen molar-refractivity contribution in [3.63, 3.8) is 0 Å². The van der Waals surface area contributed by atoms with Gasteiger partial charge in [0, 0.05) is 63.9 Å². The second-order valence-electron chi connectivity index (χ2n) is 37.0. The lowest BCUT2D eigenvalue weighted by molar-refractivity contribution is -0.155. The number of hydrogen-bond acceptors (Lipinski definition) is 21. The van der Waals surface area contributed by atoms with Gasteiger partial charge in [0.1, 0.15) is 41.6 Å². The van der Waals surface area contributed by atoms with Gasteiger partial charge in [-0.25, -0.2) is 42.6 Å². The Morgan fingerprint density at radius 1 is 0.496 bits per heavy atom. The van der Waals surface area contributed by atoms with Crippen LogP contribution in [0.3, 0.4) is 0 Å². The van der Waals surface area contributed by atoms with Gasteiger partial charge in [-0.3, -0.25) is 9.59 Å². The first-order valence-corrected chi connectivity index (χ1v) is 48.3. The molecule has 6 aliphatic carbocycles. The van der Waals surface area contributed by atoms with Gasteiger partial charge in [-0.15, -0.1) is 0 Å². The maximum Gasteiger partial charge on any atom is 0.494 e. The monoisotopic (exact) mass is 1990 g/mol. The van der Waals surface area contributed by atoms with Crippen molar-refractivity contribution in [3.8, 4) is 34.3 Å². The highest BCUT2D eigenvalue weighted by atomic mass is 127. The third-order valence-corrected chi connectivity index (χ3v) is 27.6. The van der Waals surface area contributed by atoms with Gasteiger partial charge < -0.3 is 76.5 Å². The Morgan fingerprint density at radius 3 is 1.18 bits per heavy atom. The van der Waals surface area contributed by atoms with Crippen molar-refractivity contribution in [3.05, 3.63) is 169 Å². The van der Waals surface area contributed by atoms with Crippen LogP contribution in [0.15, 0.2) is 120 Å². The molecule has 4 atom stereocenters. The molecule has 0 radical (unpaired) electrons. The molecule has 0 spiro atoms. The van der Waals surface area contributed by atoms with Gasteiger partial charge in [-0.2, -0.15) is 15.3 Å². The summed E-state index contributed by atoms with van der Waals surface area (Å²) in [6, 6.07) is 28.4. The molecule has 29 nitrogen and oxygen atoms in total. The summed E-state index contributed by atoms with van der Waals surface area (Å²) in [5.41, 5.74) is 9.16. The van der Waals surface area contributed by atoms with Gasteiger partial charge in [0.2, 0.25) is 0 Å². The van der Waals surface area contributed by atoms with Crippen LogP contribution >= 0.6 is 38.5 Å². The van der Waals surface area contributed by atoms with Crippen LogP contribution in [0.4, 0.5) is 23.6 Å². The van der Waals surface area contributed by atoms with Crippen molar-refractivity contribution >= 4 is 87.4 Å². The van der Waals surface area contributed by atoms with Gasteiger partial charge >= 0.3 is 43.4 Å². The first kappa shape index (κ1) is 102. The maximum atomic E-state index is 13.8. The minimum absolute atomic E-state index is 0.00640.